The summed E-state index contributed by atoms with van der Waals surface area (Å²) >= 11 is 0. The molecular weight excluding hydrogens is 339 g/mol. The first-order valence-corrected chi connectivity index (χ1v) is 7.53. The highest BCUT2D eigenvalue weighted by atomic mass is 19.3. The van der Waals surface area contributed by atoms with Crippen LogP contribution in [0.15, 0.2) is 30.6 Å². The van der Waals surface area contributed by atoms with Crippen LogP contribution in [0.3, 0.4) is 0 Å². The number of carbonyl (C=O) groups excluding carboxylic acids is 2. The molecule has 2 aromatic rings. The summed E-state index contributed by atoms with van der Waals surface area (Å²) in [5.41, 5.74) is 0.172. The van der Waals surface area contributed by atoms with Gasteiger partial charge in [-0.15, -0.1) is 0 Å². The maximum absolute atomic E-state index is 13.7. The predicted octanol–water partition coefficient (Wildman–Crippen LogP) is 1.66. The maximum Gasteiger partial charge on any atom is 0.330 e. The number of alkyl halides is 2. The second kappa shape index (κ2) is 5.30. The van der Waals surface area contributed by atoms with E-state index in [2.05, 4.69) is 15.4 Å². The Balaban J connectivity index is 1.59. The number of amides is 3. The predicted molar refractivity (Wildman–Crippen MR) is 78.5 cm³/mol. The van der Waals surface area contributed by atoms with E-state index in [4.69, 9.17) is 0 Å². The van der Waals surface area contributed by atoms with Crippen molar-refractivity contribution in [1.82, 2.24) is 20.1 Å². The van der Waals surface area contributed by atoms with Crippen LogP contribution in [0.2, 0.25) is 0 Å². The molecule has 1 saturated carbocycles. The Labute approximate surface area is 139 Å². The van der Waals surface area contributed by atoms with Crippen LogP contribution in [0.25, 0.3) is 0 Å². The van der Waals surface area contributed by atoms with Gasteiger partial charge in [0, 0.05) is 30.7 Å². The van der Waals surface area contributed by atoms with Crippen molar-refractivity contribution in [2.75, 3.05) is 4.90 Å². The van der Waals surface area contributed by atoms with Gasteiger partial charge in [0.1, 0.15) is 17.9 Å². The van der Waals surface area contributed by atoms with Gasteiger partial charge in [-0.25, -0.2) is 28.1 Å². The molecule has 1 N–H and O–H groups in total. The fraction of sp³-hybridized carbons (Fsp3) is 0.333. The lowest BCUT2D eigenvalue weighted by atomic mass is 10.1. The Morgan fingerprint density at radius 2 is 2.04 bits per heavy atom. The van der Waals surface area contributed by atoms with Gasteiger partial charge in [-0.05, 0) is 6.07 Å². The second-order valence-electron chi connectivity index (χ2n) is 5.95. The smallest absolute Gasteiger partial charge is 0.325 e. The number of hydrogen-bond acceptors (Lipinski definition) is 4. The average molecular weight is 351 g/mol. The number of imide groups is 1. The SMILES string of the molecule is O=C1NC(Cc2cccnc2F)C(=O)N1c1ccnn1C1CC1(F)F. The van der Waals surface area contributed by atoms with E-state index < -0.39 is 42.3 Å². The Morgan fingerprint density at radius 3 is 2.72 bits per heavy atom. The van der Waals surface area contributed by atoms with Crippen molar-refractivity contribution < 1.29 is 22.8 Å². The number of halogens is 3. The number of aromatic nitrogens is 3. The lowest BCUT2D eigenvalue weighted by Crippen LogP contribution is -2.34. The first-order valence-electron chi connectivity index (χ1n) is 7.53. The summed E-state index contributed by atoms with van der Waals surface area (Å²) < 4.78 is 41.3. The lowest BCUT2D eigenvalue weighted by Gasteiger charge is -2.15. The summed E-state index contributed by atoms with van der Waals surface area (Å²) in [5, 5.41) is 6.24. The molecule has 3 heterocycles. The molecule has 0 radical (unpaired) electrons. The number of nitrogens with zero attached hydrogens (tertiary/aromatic N) is 4. The molecule has 2 atom stereocenters. The van der Waals surface area contributed by atoms with Gasteiger partial charge < -0.3 is 5.32 Å². The minimum Gasteiger partial charge on any atom is -0.325 e. The third-order valence-electron chi connectivity index (χ3n) is 4.25. The molecule has 0 aromatic carbocycles. The minimum absolute atomic E-state index is 0.0289. The fourth-order valence-electron chi connectivity index (χ4n) is 2.87. The Kier molecular flexibility index (Phi) is 3.31. The fourth-order valence-corrected chi connectivity index (χ4v) is 2.87. The summed E-state index contributed by atoms with van der Waals surface area (Å²) in [7, 11) is 0. The third-order valence-corrected chi connectivity index (χ3v) is 4.25. The number of pyridine rings is 1. The van der Waals surface area contributed by atoms with Crippen LogP contribution >= 0.6 is 0 Å². The second-order valence-corrected chi connectivity index (χ2v) is 5.95. The minimum atomic E-state index is -2.90. The lowest BCUT2D eigenvalue weighted by molar-refractivity contribution is -0.118. The van der Waals surface area contributed by atoms with E-state index in [1.165, 1.54) is 30.6 Å². The summed E-state index contributed by atoms with van der Waals surface area (Å²) in [6, 6.07) is 1.35. The van der Waals surface area contributed by atoms with Crippen molar-refractivity contribution >= 4 is 17.8 Å². The third kappa shape index (κ3) is 2.53. The molecule has 3 amide bonds. The van der Waals surface area contributed by atoms with Gasteiger partial charge in [0.05, 0.1) is 6.20 Å². The molecule has 1 saturated heterocycles. The molecule has 2 unspecified atom stereocenters. The van der Waals surface area contributed by atoms with Crippen molar-refractivity contribution in [1.29, 1.82) is 0 Å². The van der Waals surface area contributed by atoms with Crippen LogP contribution in [-0.2, 0) is 11.2 Å². The van der Waals surface area contributed by atoms with Crippen molar-refractivity contribution in [2.45, 2.75) is 30.8 Å². The zero-order valence-electron chi connectivity index (χ0n) is 12.7. The first kappa shape index (κ1) is 15.6. The number of rotatable bonds is 4. The molecule has 130 valence electrons. The molecule has 1 aliphatic carbocycles. The average Bonchev–Trinajstić information content (AvgIpc) is 2.89. The van der Waals surface area contributed by atoms with Gasteiger partial charge in [0.2, 0.25) is 5.95 Å². The quantitative estimate of drug-likeness (QED) is 0.671. The summed E-state index contributed by atoms with van der Waals surface area (Å²) in [6.07, 6.45) is 2.04. The van der Waals surface area contributed by atoms with Gasteiger partial charge in [0.25, 0.3) is 11.8 Å². The summed E-state index contributed by atoms with van der Waals surface area (Å²) in [4.78, 5) is 29.0. The topological polar surface area (TPSA) is 80.1 Å². The summed E-state index contributed by atoms with van der Waals surface area (Å²) in [6.45, 7) is 0. The van der Waals surface area contributed by atoms with Crippen LogP contribution in [0.1, 0.15) is 18.0 Å². The van der Waals surface area contributed by atoms with Crippen LogP contribution in [0.4, 0.5) is 23.8 Å². The Morgan fingerprint density at radius 1 is 1.28 bits per heavy atom. The molecular formula is C15H12F3N5O2. The molecule has 10 heteroatoms. The van der Waals surface area contributed by atoms with Crippen molar-refractivity contribution in [2.24, 2.45) is 0 Å². The number of nitrogens with one attached hydrogen (secondary N) is 1. The van der Waals surface area contributed by atoms with E-state index in [1.807, 2.05) is 0 Å². The largest absolute Gasteiger partial charge is 0.330 e. The Bertz CT molecular complexity index is 868. The molecule has 2 fully saturated rings. The monoisotopic (exact) mass is 351 g/mol. The molecule has 25 heavy (non-hydrogen) atoms. The number of carbonyl (C=O) groups is 2. The standard InChI is InChI=1S/C15H12F3N5O2/c16-12-8(2-1-4-19-12)6-9-13(24)22(14(25)21-9)11-3-5-20-23(11)10-7-15(10,17)18/h1-5,9-10H,6-7H2,(H,21,25). The van der Waals surface area contributed by atoms with Crippen LogP contribution < -0.4 is 10.2 Å². The molecule has 0 bridgehead atoms. The molecule has 2 aliphatic rings. The van der Waals surface area contributed by atoms with Gasteiger partial charge in [-0.3, -0.25) is 4.79 Å². The normalized spacial score (nSPS) is 24.5. The zero-order chi connectivity index (χ0) is 17.8. The van der Waals surface area contributed by atoms with Gasteiger partial charge in [-0.1, -0.05) is 6.07 Å². The van der Waals surface area contributed by atoms with E-state index >= 15 is 0 Å². The van der Waals surface area contributed by atoms with E-state index in [1.54, 1.807) is 0 Å². The van der Waals surface area contributed by atoms with Crippen LogP contribution in [0, 0.1) is 5.95 Å². The molecule has 2 aromatic heterocycles. The summed E-state index contributed by atoms with van der Waals surface area (Å²) in [5.74, 6) is -4.32. The number of hydrogen-bond donors (Lipinski definition) is 1. The van der Waals surface area contributed by atoms with Gasteiger partial charge in [-0.2, -0.15) is 9.49 Å². The Hall–Kier alpha value is -2.91. The van der Waals surface area contributed by atoms with E-state index in [9.17, 15) is 22.8 Å². The molecule has 7 nitrogen and oxygen atoms in total. The van der Waals surface area contributed by atoms with E-state index in [-0.39, 0.29) is 17.8 Å². The molecule has 1 aliphatic heterocycles. The first-order chi connectivity index (χ1) is 11.9. The number of urea groups is 1. The highest BCUT2D eigenvalue weighted by Crippen LogP contribution is 2.53. The van der Waals surface area contributed by atoms with Gasteiger partial charge in [0.15, 0.2) is 0 Å². The van der Waals surface area contributed by atoms with Crippen LogP contribution in [0.5, 0.6) is 0 Å². The maximum atomic E-state index is 13.7. The molecule has 0 spiro atoms. The van der Waals surface area contributed by atoms with E-state index in [0.717, 1.165) is 9.58 Å². The number of anilines is 1. The van der Waals surface area contributed by atoms with E-state index in [0.29, 0.717) is 0 Å². The van der Waals surface area contributed by atoms with Crippen molar-refractivity contribution in [3.05, 3.63) is 42.1 Å². The molecule has 4 rings (SSSR count). The zero-order valence-corrected chi connectivity index (χ0v) is 12.7. The highest BCUT2D eigenvalue weighted by molar-refractivity contribution is 6.21. The van der Waals surface area contributed by atoms with Crippen LogP contribution in [-0.4, -0.2) is 38.7 Å². The van der Waals surface area contributed by atoms with Crippen molar-refractivity contribution in [3.63, 3.8) is 0 Å². The van der Waals surface area contributed by atoms with Gasteiger partial charge >= 0.3 is 6.03 Å². The highest BCUT2D eigenvalue weighted by Gasteiger charge is 2.60. The van der Waals surface area contributed by atoms with Crippen molar-refractivity contribution in [3.8, 4) is 0 Å².